The largest absolute Gasteiger partial charge is 0.213 e. The molecule has 0 amide bonds. The summed E-state index contributed by atoms with van der Waals surface area (Å²) in [5.74, 6) is 3.05. The van der Waals surface area contributed by atoms with Crippen LogP contribution in [0.3, 0.4) is 0 Å². The van der Waals surface area contributed by atoms with Gasteiger partial charge in [0.05, 0.1) is 0 Å². The van der Waals surface area contributed by atoms with Gasteiger partial charge < -0.3 is 0 Å². The van der Waals surface area contributed by atoms with Crippen LogP contribution in [0, 0.1) is 6.92 Å². The third-order valence-corrected chi connectivity index (χ3v) is 3.86. The Balaban J connectivity index is 2.06. The van der Waals surface area contributed by atoms with E-state index in [-0.39, 0.29) is 0 Å². The molecule has 1 heterocycles. The summed E-state index contributed by atoms with van der Waals surface area (Å²) in [6, 6.07) is 0. The zero-order chi connectivity index (χ0) is 9.52. The Morgan fingerprint density at radius 2 is 2.23 bits per heavy atom. The van der Waals surface area contributed by atoms with Gasteiger partial charge in [0, 0.05) is 5.75 Å². The highest BCUT2D eigenvalue weighted by molar-refractivity contribution is 8.00. The highest BCUT2D eigenvalue weighted by atomic mass is 32.2. The molecule has 1 rings (SSSR count). The van der Waals surface area contributed by atoms with E-state index >= 15 is 0 Å². The van der Waals surface area contributed by atoms with Crippen LogP contribution in [0.1, 0.15) is 25.1 Å². The molecule has 0 saturated carbocycles. The van der Waals surface area contributed by atoms with E-state index in [4.69, 9.17) is 0 Å². The summed E-state index contributed by atoms with van der Waals surface area (Å²) in [6.45, 7) is 1.93. The Labute approximate surface area is 93.1 Å². The molecule has 0 unspecified atom stereocenters. The van der Waals surface area contributed by atoms with Crippen molar-refractivity contribution in [1.82, 2.24) is 9.36 Å². The zero-order valence-corrected chi connectivity index (χ0v) is 10.2. The summed E-state index contributed by atoms with van der Waals surface area (Å²) in [5.41, 5.74) is 0. The van der Waals surface area contributed by atoms with E-state index in [1.54, 1.807) is 0 Å². The normalized spacial score (nSPS) is 10.6. The molecule has 0 atom stereocenters. The van der Waals surface area contributed by atoms with E-state index in [0.29, 0.717) is 0 Å². The van der Waals surface area contributed by atoms with Gasteiger partial charge in [-0.25, -0.2) is 4.98 Å². The Kier molecular flexibility index (Phi) is 5.82. The summed E-state index contributed by atoms with van der Waals surface area (Å²) >= 11 is 7.48. The standard InChI is InChI=1S/C8H14N2S3/c1-7-9-8(13-10-7)12-6-4-2-3-5-11/h11H,2-6H2,1H3. The summed E-state index contributed by atoms with van der Waals surface area (Å²) in [4.78, 5) is 4.28. The minimum absolute atomic E-state index is 0.892. The Morgan fingerprint density at radius 3 is 2.85 bits per heavy atom. The molecule has 0 aliphatic rings. The minimum Gasteiger partial charge on any atom is -0.213 e. The molecule has 5 heteroatoms. The number of unbranched alkanes of at least 4 members (excludes halogenated alkanes) is 2. The van der Waals surface area contributed by atoms with Crippen molar-refractivity contribution in [1.29, 1.82) is 0 Å². The van der Waals surface area contributed by atoms with E-state index in [1.165, 1.54) is 30.8 Å². The van der Waals surface area contributed by atoms with Crippen molar-refractivity contribution in [3.63, 3.8) is 0 Å². The van der Waals surface area contributed by atoms with Crippen molar-refractivity contribution in [3.8, 4) is 0 Å². The second kappa shape index (κ2) is 6.68. The maximum atomic E-state index is 4.28. The van der Waals surface area contributed by atoms with Crippen molar-refractivity contribution in [2.75, 3.05) is 11.5 Å². The number of hydrogen-bond acceptors (Lipinski definition) is 5. The summed E-state index contributed by atoms with van der Waals surface area (Å²) in [7, 11) is 0. The monoisotopic (exact) mass is 234 g/mol. The van der Waals surface area contributed by atoms with Crippen LogP contribution in [0.25, 0.3) is 0 Å². The van der Waals surface area contributed by atoms with Gasteiger partial charge in [-0.05, 0) is 37.1 Å². The van der Waals surface area contributed by atoms with Crippen LogP contribution in [0.15, 0.2) is 4.34 Å². The van der Waals surface area contributed by atoms with Gasteiger partial charge in [0.1, 0.15) is 5.82 Å². The first kappa shape index (κ1) is 11.3. The lowest BCUT2D eigenvalue weighted by molar-refractivity contribution is 0.787. The molecule has 0 bridgehead atoms. The van der Waals surface area contributed by atoms with Crippen LogP contribution in [-0.4, -0.2) is 20.9 Å². The van der Waals surface area contributed by atoms with Crippen molar-refractivity contribution in [2.45, 2.75) is 30.5 Å². The maximum Gasteiger partial charge on any atom is 0.170 e. The van der Waals surface area contributed by atoms with Crippen LogP contribution < -0.4 is 0 Å². The van der Waals surface area contributed by atoms with E-state index in [1.807, 2.05) is 18.7 Å². The van der Waals surface area contributed by atoms with Crippen molar-refractivity contribution in [2.24, 2.45) is 0 Å². The number of thiol groups is 1. The van der Waals surface area contributed by atoms with Gasteiger partial charge >= 0.3 is 0 Å². The first-order chi connectivity index (χ1) is 6.33. The Hall–Kier alpha value is 0.260. The van der Waals surface area contributed by atoms with E-state index in [0.717, 1.165) is 21.7 Å². The predicted molar refractivity (Wildman–Crippen MR) is 63.1 cm³/mol. The molecule has 0 aliphatic heterocycles. The molecule has 1 aromatic rings. The average Bonchev–Trinajstić information content (AvgIpc) is 2.51. The van der Waals surface area contributed by atoms with Crippen LogP contribution in [-0.2, 0) is 0 Å². The second-order valence-corrected chi connectivity index (χ2v) is 5.28. The topological polar surface area (TPSA) is 25.8 Å². The molecule has 0 fully saturated rings. The third kappa shape index (κ3) is 4.88. The molecule has 0 N–H and O–H groups in total. The third-order valence-electron chi connectivity index (χ3n) is 1.54. The number of aryl methyl sites for hydroxylation is 1. The number of thioether (sulfide) groups is 1. The number of nitrogens with zero attached hydrogens (tertiary/aromatic N) is 2. The zero-order valence-electron chi connectivity index (χ0n) is 7.69. The summed E-state index contributed by atoms with van der Waals surface area (Å²) in [5, 5.41) is 0. The predicted octanol–water partition coefficient (Wildman–Crippen LogP) is 3.04. The van der Waals surface area contributed by atoms with E-state index < -0.39 is 0 Å². The van der Waals surface area contributed by atoms with Crippen LogP contribution in [0.4, 0.5) is 0 Å². The van der Waals surface area contributed by atoms with Gasteiger partial charge in [-0.15, -0.1) is 0 Å². The molecule has 0 aromatic carbocycles. The van der Waals surface area contributed by atoms with Crippen molar-refractivity contribution in [3.05, 3.63) is 5.82 Å². The second-order valence-electron chi connectivity index (χ2n) is 2.74. The van der Waals surface area contributed by atoms with Gasteiger partial charge in [-0.1, -0.05) is 18.2 Å². The number of aromatic nitrogens is 2. The SMILES string of the molecule is Cc1nsc(SCCCCCS)n1. The molecular weight excluding hydrogens is 220 g/mol. The minimum atomic E-state index is 0.892. The fraction of sp³-hybridized carbons (Fsp3) is 0.750. The molecule has 0 spiro atoms. The lowest BCUT2D eigenvalue weighted by Gasteiger charge is -1.96. The van der Waals surface area contributed by atoms with Crippen LogP contribution in [0.5, 0.6) is 0 Å². The van der Waals surface area contributed by atoms with E-state index in [9.17, 15) is 0 Å². The lowest BCUT2D eigenvalue weighted by atomic mass is 10.3. The maximum absolute atomic E-state index is 4.28. The van der Waals surface area contributed by atoms with E-state index in [2.05, 4.69) is 22.0 Å². The molecule has 2 nitrogen and oxygen atoms in total. The molecule has 13 heavy (non-hydrogen) atoms. The smallest absolute Gasteiger partial charge is 0.170 e. The lowest BCUT2D eigenvalue weighted by Crippen LogP contribution is -1.82. The van der Waals surface area contributed by atoms with Gasteiger partial charge in [0.2, 0.25) is 0 Å². The molecule has 0 aliphatic carbocycles. The fourth-order valence-electron chi connectivity index (χ4n) is 0.887. The van der Waals surface area contributed by atoms with Crippen LogP contribution >= 0.6 is 35.9 Å². The fourth-order valence-corrected chi connectivity index (χ4v) is 2.83. The molecule has 0 radical (unpaired) electrons. The van der Waals surface area contributed by atoms with Gasteiger partial charge in [0.25, 0.3) is 0 Å². The van der Waals surface area contributed by atoms with Gasteiger partial charge in [-0.2, -0.15) is 17.0 Å². The Morgan fingerprint density at radius 1 is 1.38 bits per heavy atom. The van der Waals surface area contributed by atoms with Gasteiger partial charge in [-0.3, -0.25) is 0 Å². The first-order valence-electron chi connectivity index (χ1n) is 4.37. The highest BCUT2D eigenvalue weighted by Crippen LogP contribution is 2.21. The van der Waals surface area contributed by atoms with Crippen molar-refractivity contribution >= 4 is 35.9 Å². The summed E-state index contributed by atoms with van der Waals surface area (Å²) in [6.07, 6.45) is 3.75. The van der Waals surface area contributed by atoms with Crippen LogP contribution in [0.2, 0.25) is 0 Å². The van der Waals surface area contributed by atoms with Gasteiger partial charge in [0.15, 0.2) is 4.34 Å². The molecule has 0 saturated heterocycles. The van der Waals surface area contributed by atoms with Crippen molar-refractivity contribution < 1.29 is 0 Å². The molecular formula is C8H14N2S3. The average molecular weight is 234 g/mol. The number of rotatable bonds is 6. The highest BCUT2D eigenvalue weighted by Gasteiger charge is 1.99. The molecule has 1 aromatic heterocycles. The Bertz CT molecular complexity index is 237. The quantitative estimate of drug-likeness (QED) is 0.465. The first-order valence-corrected chi connectivity index (χ1v) is 6.76. The summed E-state index contributed by atoms with van der Waals surface area (Å²) < 4.78 is 5.23. The molecule has 74 valence electrons. The number of hydrogen-bond donors (Lipinski definition) is 1.